The molecule has 0 fully saturated rings. The van der Waals surface area contributed by atoms with Gasteiger partial charge < -0.3 is 10.4 Å². The first-order valence-corrected chi connectivity index (χ1v) is 6.74. The Balaban J connectivity index is 2.14. The lowest BCUT2D eigenvalue weighted by Crippen LogP contribution is -2.14. The van der Waals surface area contributed by atoms with Crippen molar-refractivity contribution in [2.24, 2.45) is 0 Å². The molecule has 20 heavy (non-hydrogen) atoms. The zero-order valence-electron chi connectivity index (χ0n) is 11.6. The molecule has 2 aromatic rings. The first kappa shape index (κ1) is 14.3. The van der Waals surface area contributed by atoms with Crippen LogP contribution in [0, 0.1) is 0 Å². The summed E-state index contributed by atoms with van der Waals surface area (Å²) in [6.07, 6.45) is 1.20. The highest BCUT2D eigenvalue weighted by Gasteiger charge is 2.11. The molecule has 2 aromatic carbocycles. The minimum atomic E-state index is 0.113. The molecule has 0 amide bonds. The van der Waals surface area contributed by atoms with E-state index in [4.69, 9.17) is 0 Å². The molecule has 0 aliphatic rings. The molecule has 104 valence electrons. The van der Waals surface area contributed by atoms with E-state index < -0.39 is 0 Å². The Labute approximate surface area is 119 Å². The standard InChI is InChI=1S/C17H19NO2/c1-18-11-10-14-4-2-3-5-16(14)17(20)12-13-6-8-15(19)9-7-13/h2-9,18-19H,10-12H2,1H3. The SMILES string of the molecule is CNCCc1ccccc1C(=O)Cc1ccc(O)cc1. The van der Waals surface area contributed by atoms with E-state index in [1.54, 1.807) is 24.3 Å². The highest BCUT2D eigenvalue weighted by Crippen LogP contribution is 2.15. The average molecular weight is 269 g/mol. The largest absolute Gasteiger partial charge is 0.508 e. The summed E-state index contributed by atoms with van der Waals surface area (Å²) >= 11 is 0. The summed E-state index contributed by atoms with van der Waals surface area (Å²) < 4.78 is 0. The molecule has 0 saturated heterocycles. The quantitative estimate of drug-likeness (QED) is 0.792. The van der Waals surface area contributed by atoms with Crippen molar-refractivity contribution in [3.05, 3.63) is 65.2 Å². The lowest BCUT2D eigenvalue weighted by molar-refractivity contribution is 0.0992. The Morgan fingerprint density at radius 2 is 1.80 bits per heavy atom. The van der Waals surface area contributed by atoms with Gasteiger partial charge in [0.2, 0.25) is 0 Å². The van der Waals surface area contributed by atoms with E-state index in [-0.39, 0.29) is 11.5 Å². The number of carbonyl (C=O) groups is 1. The number of hydrogen-bond acceptors (Lipinski definition) is 3. The molecule has 0 saturated carbocycles. The van der Waals surface area contributed by atoms with Crippen molar-refractivity contribution >= 4 is 5.78 Å². The van der Waals surface area contributed by atoms with Crippen LogP contribution < -0.4 is 5.32 Å². The molecule has 0 radical (unpaired) electrons. The fourth-order valence-electron chi connectivity index (χ4n) is 2.16. The summed E-state index contributed by atoms with van der Waals surface area (Å²) in [6, 6.07) is 14.5. The number of rotatable bonds is 6. The van der Waals surface area contributed by atoms with Gasteiger partial charge in [-0.1, -0.05) is 36.4 Å². The van der Waals surface area contributed by atoms with Crippen LogP contribution in [0.5, 0.6) is 5.75 Å². The summed E-state index contributed by atoms with van der Waals surface area (Å²) in [5, 5.41) is 12.4. The Kier molecular flexibility index (Phi) is 4.91. The normalized spacial score (nSPS) is 10.4. The number of hydrogen-bond donors (Lipinski definition) is 2. The third-order valence-corrected chi connectivity index (χ3v) is 3.26. The Bertz CT molecular complexity index is 576. The number of phenols is 1. The van der Waals surface area contributed by atoms with E-state index in [2.05, 4.69) is 5.32 Å². The van der Waals surface area contributed by atoms with Gasteiger partial charge in [0.1, 0.15) is 5.75 Å². The van der Waals surface area contributed by atoms with Gasteiger partial charge >= 0.3 is 0 Å². The number of likely N-dealkylation sites (N-methyl/N-ethyl adjacent to an activating group) is 1. The summed E-state index contributed by atoms with van der Waals surface area (Å²) in [5.74, 6) is 0.331. The molecule has 0 heterocycles. The maximum atomic E-state index is 12.4. The maximum Gasteiger partial charge on any atom is 0.167 e. The first-order chi connectivity index (χ1) is 9.70. The van der Waals surface area contributed by atoms with Gasteiger partial charge in [-0.3, -0.25) is 4.79 Å². The highest BCUT2D eigenvalue weighted by molar-refractivity contribution is 5.98. The minimum absolute atomic E-state index is 0.113. The van der Waals surface area contributed by atoms with Crippen LogP contribution in [-0.4, -0.2) is 24.5 Å². The summed E-state index contributed by atoms with van der Waals surface area (Å²) in [5.41, 5.74) is 2.78. The van der Waals surface area contributed by atoms with Gasteiger partial charge in [0.05, 0.1) is 0 Å². The first-order valence-electron chi connectivity index (χ1n) is 6.74. The molecule has 0 bridgehead atoms. The fraction of sp³-hybridized carbons (Fsp3) is 0.235. The summed E-state index contributed by atoms with van der Waals surface area (Å²) in [4.78, 5) is 12.4. The second-order valence-electron chi connectivity index (χ2n) is 4.78. The van der Waals surface area contributed by atoms with Crippen LogP contribution in [0.4, 0.5) is 0 Å². The topological polar surface area (TPSA) is 49.3 Å². The highest BCUT2D eigenvalue weighted by atomic mass is 16.3. The van der Waals surface area contributed by atoms with Gasteiger partial charge in [0, 0.05) is 12.0 Å². The minimum Gasteiger partial charge on any atom is -0.508 e. The van der Waals surface area contributed by atoms with E-state index in [0.717, 1.165) is 29.7 Å². The molecule has 0 spiro atoms. The van der Waals surface area contributed by atoms with Crippen molar-refractivity contribution in [2.75, 3.05) is 13.6 Å². The maximum absolute atomic E-state index is 12.4. The fourth-order valence-corrected chi connectivity index (χ4v) is 2.16. The predicted octanol–water partition coefficient (Wildman–Crippen LogP) is 2.58. The van der Waals surface area contributed by atoms with Crippen molar-refractivity contribution in [2.45, 2.75) is 12.8 Å². The molecular formula is C17H19NO2. The second-order valence-corrected chi connectivity index (χ2v) is 4.78. The van der Waals surface area contributed by atoms with Crippen LogP contribution in [-0.2, 0) is 12.8 Å². The van der Waals surface area contributed by atoms with Crippen LogP contribution >= 0.6 is 0 Å². The molecule has 0 atom stereocenters. The van der Waals surface area contributed by atoms with Gasteiger partial charge in [0.25, 0.3) is 0 Å². The molecule has 2 rings (SSSR count). The number of ketones is 1. The molecule has 0 unspecified atom stereocenters. The van der Waals surface area contributed by atoms with E-state index >= 15 is 0 Å². The van der Waals surface area contributed by atoms with Crippen LogP contribution in [0.15, 0.2) is 48.5 Å². The van der Waals surface area contributed by atoms with Crippen molar-refractivity contribution in [1.29, 1.82) is 0 Å². The zero-order valence-corrected chi connectivity index (χ0v) is 11.6. The number of nitrogens with one attached hydrogen (secondary N) is 1. The molecule has 3 heteroatoms. The summed E-state index contributed by atoms with van der Waals surface area (Å²) in [7, 11) is 1.90. The van der Waals surface area contributed by atoms with Crippen LogP contribution in [0.2, 0.25) is 0 Å². The molecule has 2 N–H and O–H groups in total. The second kappa shape index (κ2) is 6.87. The molecule has 0 aliphatic carbocycles. The van der Waals surface area contributed by atoms with E-state index in [9.17, 15) is 9.90 Å². The third-order valence-electron chi connectivity index (χ3n) is 3.26. The van der Waals surface area contributed by atoms with Crippen LogP contribution in [0.3, 0.4) is 0 Å². The molecule has 3 nitrogen and oxygen atoms in total. The van der Waals surface area contributed by atoms with Gasteiger partial charge in [-0.2, -0.15) is 0 Å². The smallest absolute Gasteiger partial charge is 0.167 e. The van der Waals surface area contributed by atoms with Gasteiger partial charge in [-0.15, -0.1) is 0 Å². The van der Waals surface area contributed by atoms with Crippen LogP contribution in [0.1, 0.15) is 21.5 Å². The molecular weight excluding hydrogens is 250 g/mol. The van der Waals surface area contributed by atoms with E-state index in [1.165, 1.54) is 0 Å². The number of aromatic hydroxyl groups is 1. The number of carbonyl (C=O) groups excluding carboxylic acids is 1. The molecule has 0 aromatic heterocycles. The van der Waals surface area contributed by atoms with Crippen molar-refractivity contribution in [3.63, 3.8) is 0 Å². The lowest BCUT2D eigenvalue weighted by Gasteiger charge is -2.08. The third kappa shape index (κ3) is 3.68. The number of phenolic OH excluding ortho intramolecular Hbond substituents is 1. The van der Waals surface area contributed by atoms with Gasteiger partial charge in [-0.25, -0.2) is 0 Å². The Morgan fingerprint density at radius 1 is 1.10 bits per heavy atom. The number of Topliss-reactive ketones (excluding diaryl/α,β-unsaturated/α-hetero) is 1. The zero-order chi connectivity index (χ0) is 14.4. The van der Waals surface area contributed by atoms with Crippen molar-refractivity contribution in [1.82, 2.24) is 5.32 Å². The van der Waals surface area contributed by atoms with Gasteiger partial charge in [-0.05, 0) is 43.3 Å². The Morgan fingerprint density at radius 3 is 2.50 bits per heavy atom. The lowest BCUT2D eigenvalue weighted by atomic mass is 9.97. The summed E-state index contributed by atoms with van der Waals surface area (Å²) in [6.45, 7) is 0.851. The predicted molar refractivity (Wildman–Crippen MR) is 80.2 cm³/mol. The van der Waals surface area contributed by atoms with E-state index in [0.29, 0.717) is 6.42 Å². The van der Waals surface area contributed by atoms with E-state index in [1.807, 2.05) is 31.3 Å². The van der Waals surface area contributed by atoms with Gasteiger partial charge in [0.15, 0.2) is 5.78 Å². The molecule has 0 aliphatic heterocycles. The number of benzene rings is 2. The van der Waals surface area contributed by atoms with Crippen molar-refractivity contribution < 1.29 is 9.90 Å². The van der Waals surface area contributed by atoms with Crippen molar-refractivity contribution in [3.8, 4) is 5.75 Å². The monoisotopic (exact) mass is 269 g/mol. The average Bonchev–Trinajstić information content (AvgIpc) is 2.47. The Hall–Kier alpha value is -2.13. The van der Waals surface area contributed by atoms with Crippen LogP contribution in [0.25, 0.3) is 0 Å².